The zero-order chi connectivity index (χ0) is 16.7. The summed E-state index contributed by atoms with van der Waals surface area (Å²) in [4.78, 5) is 22.4. The minimum atomic E-state index is -0.0611. The number of nitrogens with one attached hydrogen (secondary N) is 1. The van der Waals surface area contributed by atoms with Gasteiger partial charge < -0.3 is 9.88 Å². The molecule has 128 valence electrons. The van der Waals surface area contributed by atoms with Crippen molar-refractivity contribution in [2.45, 2.75) is 51.5 Å². The SMILES string of the molecule is C=C(C)N1CCC(n2ncc3c(=O)[nH]c(CC4CCCC4)nc32)C1. The van der Waals surface area contributed by atoms with E-state index in [1.54, 1.807) is 6.20 Å². The molecule has 1 aliphatic heterocycles. The molecule has 1 saturated heterocycles. The van der Waals surface area contributed by atoms with Crippen molar-refractivity contribution < 1.29 is 0 Å². The van der Waals surface area contributed by atoms with E-state index in [4.69, 9.17) is 4.98 Å². The summed E-state index contributed by atoms with van der Waals surface area (Å²) in [7, 11) is 0. The lowest BCUT2D eigenvalue weighted by molar-refractivity contribution is 0.394. The van der Waals surface area contributed by atoms with E-state index in [-0.39, 0.29) is 11.6 Å². The fourth-order valence-electron chi connectivity index (χ4n) is 4.12. The molecule has 0 aromatic carbocycles. The lowest BCUT2D eigenvalue weighted by atomic mass is 10.0. The third kappa shape index (κ3) is 2.74. The molecule has 24 heavy (non-hydrogen) atoms. The van der Waals surface area contributed by atoms with E-state index >= 15 is 0 Å². The Hall–Kier alpha value is -2.11. The number of aromatic amines is 1. The summed E-state index contributed by atoms with van der Waals surface area (Å²) < 4.78 is 1.95. The molecule has 4 rings (SSSR count). The van der Waals surface area contributed by atoms with Crippen LogP contribution in [0.25, 0.3) is 11.0 Å². The fourth-order valence-corrected chi connectivity index (χ4v) is 4.12. The van der Waals surface area contributed by atoms with Crippen LogP contribution in [-0.4, -0.2) is 37.7 Å². The van der Waals surface area contributed by atoms with Gasteiger partial charge in [-0.05, 0) is 19.3 Å². The quantitative estimate of drug-likeness (QED) is 0.937. The van der Waals surface area contributed by atoms with Crippen molar-refractivity contribution in [1.29, 1.82) is 0 Å². The van der Waals surface area contributed by atoms with Gasteiger partial charge in [-0.25, -0.2) is 9.67 Å². The highest BCUT2D eigenvalue weighted by Crippen LogP contribution is 2.28. The van der Waals surface area contributed by atoms with Gasteiger partial charge in [-0.1, -0.05) is 32.3 Å². The van der Waals surface area contributed by atoms with Crippen LogP contribution in [0.1, 0.15) is 50.9 Å². The lowest BCUT2D eigenvalue weighted by Gasteiger charge is -2.18. The Morgan fingerprint density at radius 2 is 2.17 bits per heavy atom. The molecule has 2 aromatic heterocycles. The molecule has 2 fully saturated rings. The standard InChI is InChI=1S/C18H25N5O/c1-12(2)22-8-7-14(11-22)23-17-15(10-19-23)18(24)21-16(20-17)9-13-5-3-4-6-13/h10,13-14H,1,3-9,11H2,2H3,(H,20,21,24). The molecular weight excluding hydrogens is 302 g/mol. The molecule has 0 amide bonds. The smallest absolute Gasteiger partial charge is 0.262 e. The van der Waals surface area contributed by atoms with E-state index in [0.29, 0.717) is 11.3 Å². The minimum Gasteiger partial charge on any atom is -0.373 e. The van der Waals surface area contributed by atoms with Crippen LogP contribution in [-0.2, 0) is 6.42 Å². The van der Waals surface area contributed by atoms with E-state index in [0.717, 1.165) is 43.1 Å². The maximum absolute atomic E-state index is 12.4. The number of nitrogens with zero attached hydrogens (tertiary/aromatic N) is 4. The van der Waals surface area contributed by atoms with Crippen molar-refractivity contribution in [3.8, 4) is 0 Å². The molecule has 6 nitrogen and oxygen atoms in total. The fraction of sp³-hybridized carbons (Fsp3) is 0.611. The summed E-state index contributed by atoms with van der Waals surface area (Å²) in [6, 6.07) is 0.257. The van der Waals surface area contributed by atoms with E-state index < -0.39 is 0 Å². The van der Waals surface area contributed by atoms with Gasteiger partial charge in [0.05, 0.1) is 12.2 Å². The van der Waals surface area contributed by atoms with Crippen molar-refractivity contribution in [1.82, 2.24) is 24.6 Å². The second-order valence-corrected chi connectivity index (χ2v) is 7.32. The molecule has 1 atom stereocenters. The molecular formula is C18H25N5O. The van der Waals surface area contributed by atoms with Crippen molar-refractivity contribution in [3.05, 3.63) is 34.7 Å². The molecule has 2 aromatic rings. The van der Waals surface area contributed by atoms with Gasteiger partial charge in [-0.2, -0.15) is 5.10 Å². The summed E-state index contributed by atoms with van der Waals surface area (Å²) in [5, 5.41) is 5.08. The predicted octanol–water partition coefficient (Wildman–Crippen LogP) is 2.63. The normalized spacial score (nSPS) is 21.9. The van der Waals surface area contributed by atoms with Crippen LogP contribution in [0, 0.1) is 5.92 Å². The number of H-pyrrole nitrogens is 1. The highest BCUT2D eigenvalue weighted by molar-refractivity contribution is 5.73. The zero-order valence-electron chi connectivity index (χ0n) is 14.3. The number of fused-ring (bicyclic) bond motifs is 1. The van der Waals surface area contributed by atoms with E-state index in [1.807, 2.05) is 11.6 Å². The average molecular weight is 327 g/mol. The number of hydrogen-bond donors (Lipinski definition) is 1. The first-order chi connectivity index (χ1) is 11.6. The highest BCUT2D eigenvalue weighted by Gasteiger charge is 2.26. The second kappa shape index (κ2) is 6.07. The Labute approximate surface area is 141 Å². The molecule has 0 spiro atoms. The van der Waals surface area contributed by atoms with E-state index in [9.17, 15) is 4.79 Å². The molecule has 3 heterocycles. The van der Waals surface area contributed by atoms with Gasteiger partial charge in [0.1, 0.15) is 11.2 Å². The average Bonchev–Trinajstić information content (AvgIpc) is 3.26. The van der Waals surface area contributed by atoms with Gasteiger partial charge in [-0.3, -0.25) is 4.79 Å². The molecule has 1 N–H and O–H groups in total. The van der Waals surface area contributed by atoms with Crippen molar-refractivity contribution in [2.75, 3.05) is 13.1 Å². The summed E-state index contributed by atoms with van der Waals surface area (Å²) in [5.41, 5.74) is 1.76. The van der Waals surface area contributed by atoms with E-state index in [1.165, 1.54) is 25.7 Å². The number of aromatic nitrogens is 4. The topological polar surface area (TPSA) is 66.8 Å². The first kappa shape index (κ1) is 15.4. The number of allylic oxidation sites excluding steroid dienone is 1. The van der Waals surface area contributed by atoms with Crippen LogP contribution < -0.4 is 5.56 Å². The summed E-state index contributed by atoms with van der Waals surface area (Å²) in [6.45, 7) is 7.93. The Bertz CT molecular complexity index is 814. The van der Waals surface area contributed by atoms with Crippen molar-refractivity contribution >= 4 is 11.0 Å². The first-order valence-corrected chi connectivity index (χ1v) is 8.98. The van der Waals surface area contributed by atoms with Gasteiger partial charge in [0.15, 0.2) is 5.65 Å². The molecule has 1 saturated carbocycles. The van der Waals surface area contributed by atoms with Crippen LogP contribution >= 0.6 is 0 Å². The minimum absolute atomic E-state index is 0.0611. The van der Waals surface area contributed by atoms with Crippen LogP contribution in [0.3, 0.4) is 0 Å². The Morgan fingerprint density at radius 1 is 1.38 bits per heavy atom. The second-order valence-electron chi connectivity index (χ2n) is 7.32. The number of hydrogen-bond acceptors (Lipinski definition) is 4. The van der Waals surface area contributed by atoms with Gasteiger partial charge >= 0.3 is 0 Å². The maximum Gasteiger partial charge on any atom is 0.262 e. The van der Waals surface area contributed by atoms with Gasteiger partial charge in [0, 0.05) is 25.2 Å². The Balaban J connectivity index is 1.65. The van der Waals surface area contributed by atoms with Crippen LogP contribution in [0.5, 0.6) is 0 Å². The Morgan fingerprint density at radius 3 is 2.88 bits per heavy atom. The third-order valence-corrected chi connectivity index (χ3v) is 5.52. The molecule has 0 radical (unpaired) electrons. The maximum atomic E-state index is 12.4. The Kier molecular flexibility index (Phi) is 3.90. The number of rotatable bonds is 4. The van der Waals surface area contributed by atoms with Gasteiger partial charge in [-0.15, -0.1) is 0 Å². The van der Waals surface area contributed by atoms with Crippen molar-refractivity contribution in [3.63, 3.8) is 0 Å². The van der Waals surface area contributed by atoms with Gasteiger partial charge in [0.25, 0.3) is 5.56 Å². The van der Waals surface area contributed by atoms with Crippen molar-refractivity contribution in [2.24, 2.45) is 5.92 Å². The predicted molar refractivity (Wildman–Crippen MR) is 93.9 cm³/mol. The lowest BCUT2D eigenvalue weighted by Crippen LogP contribution is -2.20. The summed E-state index contributed by atoms with van der Waals surface area (Å²) in [5.74, 6) is 1.48. The summed E-state index contributed by atoms with van der Waals surface area (Å²) >= 11 is 0. The van der Waals surface area contributed by atoms with Crippen LogP contribution in [0.2, 0.25) is 0 Å². The summed E-state index contributed by atoms with van der Waals surface area (Å²) in [6.07, 6.45) is 8.63. The van der Waals surface area contributed by atoms with Crippen LogP contribution in [0.15, 0.2) is 23.3 Å². The third-order valence-electron chi connectivity index (χ3n) is 5.52. The molecule has 0 bridgehead atoms. The highest BCUT2D eigenvalue weighted by atomic mass is 16.1. The molecule has 2 aliphatic rings. The van der Waals surface area contributed by atoms with E-state index in [2.05, 4.69) is 21.6 Å². The molecule has 1 unspecified atom stereocenters. The molecule has 6 heteroatoms. The number of likely N-dealkylation sites (tertiary alicyclic amines) is 1. The van der Waals surface area contributed by atoms with Crippen LogP contribution in [0.4, 0.5) is 0 Å². The van der Waals surface area contributed by atoms with Gasteiger partial charge in [0.2, 0.25) is 0 Å². The zero-order valence-corrected chi connectivity index (χ0v) is 14.3. The monoisotopic (exact) mass is 327 g/mol. The first-order valence-electron chi connectivity index (χ1n) is 8.98. The largest absolute Gasteiger partial charge is 0.373 e. The molecule has 1 aliphatic carbocycles.